The molecule has 0 aliphatic carbocycles. The Morgan fingerprint density at radius 1 is 1.19 bits per heavy atom. The number of nitro benzene ring substituents is 1. The van der Waals surface area contributed by atoms with Crippen LogP contribution in [0.15, 0.2) is 48.5 Å². The average molecular weight is 286 g/mol. The number of benzene rings is 2. The molecule has 5 heteroatoms. The highest BCUT2D eigenvalue weighted by atomic mass is 16.6. The standard InChI is InChI=1S/C16H18N2O3/c1-12-6-5-9-15(18(20)21)16(12)17-14(11-19)10-13-7-3-2-4-8-13/h2-9,14,17,19H,10-11H2,1H3. The Morgan fingerprint density at radius 3 is 2.52 bits per heavy atom. The lowest BCUT2D eigenvalue weighted by Crippen LogP contribution is -2.27. The Labute approximate surface area is 123 Å². The van der Waals surface area contributed by atoms with Crippen LogP contribution in [0.4, 0.5) is 11.4 Å². The van der Waals surface area contributed by atoms with E-state index in [1.165, 1.54) is 6.07 Å². The van der Waals surface area contributed by atoms with Gasteiger partial charge in [0.1, 0.15) is 5.69 Å². The summed E-state index contributed by atoms with van der Waals surface area (Å²) >= 11 is 0. The Balaban J connectivity index is 2.21. The van der Waals surface area contributed by atoms with Gasteiger partial charge in [-0.2, -0.15) is 0 Å². The summed E-state index contributed by atoms with van der Waals surface area (Å²) in [7, 11) is 0. The first-order chi connectivity index (χ1) is 10.1. The van der Waals surface area contributed by atoms with Gasteiger partial charge in [0.2, 0.25) is 0 Å². The van der Waals surface area contributed by atoms with Crippen molar-refractivity contribution in [2.45, 2.75) is 19.4 Å². The van der Waals surface area contributed by atoms with Crippen molar-refractivity contribution in [3.63, 3.8) is 0 Å². The average Bonchev–Trinajstić information content (AvgIpc) is 2.49. The summed E-state index contributed by atoms with van der Waals surface area (Å²) in [5.41, 5.74) is 2.36. The molecule has 0 spiro atoms. The van der Waals surface area contributed by atoms with Gasteiger partial charge in [-0.05, 0) is 24.5 Å². The predicted molar refractivity (Wildman–Crippen MR) is 82.5 cm³/mol. The number of aliphatic hydroxyl groups is 1. The Kier molecular flexibility index (Phi) is 4.90. The minimum absolute atomic E-state index is 0.0292. The van der Waals surface area contributed by atoms with Gasteiger partial charge >= 0.3 is 0 Å². The fraction of sp³-hybridized carbons (Fsp3) is 0.250. The van der Waals surface area contributed by atoms with Crippen LogP contribution in [-0.4, -0.2) is 22.7 Å². The van der Waals surface area contributed by atoms with Crippen molar-refractivity contribution in [2.24, 2.45) is 0 Å². The molecule has 2 rings (SSSR count). The van der Waals surface area contributed by atoms with Crippen LogP contribution in [0.3, 0.4) is 0 Å². The van der Waals surface area contributed by atoms with Gasteiger partial charge in [-0.3, -0.25) is 10.1 Å². The first-order valence-corrected chi connectivity index (χ1v) is 6.77. The van der Waals surface area contributed by atoms with Crippen LogP contribution in [0.25, 0.3) is 0 Å². The smallest absolute Gasteiger partial charge is 0.292 e. The molecule has 2 aromatic carbocycles. The molecule has 0 radical (unpaired) electrons. The third kappa shape index (κ3) is 3.79. The van der Waals surface area contributed by atoms with Crippen LogP contribution >= 0.6 is 0 Å². The molecule has 2 N–H and O–H groups in total. The second-order valence-electron chi connectivity index (χ2n) is 4.94. The number of para-hydroxylation sites is 1. The highest BCUT2D eigenvalue weighted by Crippen LogP contribution is 2.28. The molecule has 0 fully saturated rings. The molecule has 0 aliphatic heterocycles. The van der Waals surface area contributed by atoms with Crippen molar-refractivity contribution < 1.29 is 10.0 Å². The van der Waals surface area contributed by atoms with Crippen LogP contribution in [0, 0.1) is 17.0 Å². The summed E-state index contributed by atoms with van der Waals surface area (Å²) in [6, 6.07) is 14.4. The van der Waals surface area contributed by atoms with E-state index in [4.69, 9.17) is 0 Å². The largest absolute Gasteiger partial charge is 0.394 e. The van der Waals surface area contributed by atoms with E-state index in [0.717, 1.165) is 11.1 Å². The molecule has 1 atom stereocenters. The predicted octanol–water partition coefficient (Wildman–Crippen LogP) is 2.92. The van der Waals surface area contributed by atoms with Gasteiger partial charge in [-0.25, -0.2) is 0 Å². The van der Waals surface area contributed by atoms with Crippen LogP contribution in [-0.2, 0) is 6.42 Å². The van der Waals surface area contributed by atoms with E-state index in [2.05, 4.69) is 5.32 Å². The van der Waals surface area contributed by atoms with E-state index in [-0.39, 0.29) is 18.3 Å². The summed E-state index contributed by atoms with van der Waals surface area (Å²) in [4.78, 5) is 10.7. The SMILES string of the molecule is Cc1cccc([N+](=O)[O-])c1NC(CO)Cc1ccccc1. The van der Waals surface area contributed by atoms with Crippen molar-refractivity contribution in [1.29, 1.82) is 0 Å². The first kappa shape index (κ1) is 15.0. The third-order valence-corrected chi connectivity index (χ3v) is 3.34. The van der Waals surface area contributed by atoms with Crippen molar-refractivity contribution in [2.75, 3.05) is 11.9 Å². The van der Waals surface area contributed by atoms with Crippen molar-refractivity contribution in [3.8, 4) is 0 Å². The van der Waals surface area contributed by atoms with E-state index in [0.29, 0.717) is 12.1 Å². The van der Waals surface area contributed by atoms with E-state index < -0.39 is 4.92 Å². The summed E-state index contributed by atoms with van der Waals surface area (Å²) in [6.07, 6.45) is 0.600. The molecule has 0 amide bonds. The normalized spacial score (nSPS) is 11.9. The molecule has 0 aliphatic rings. The number of nitrogens with zero attached hydrogens (tertiary/aromatic N) is 1. The quantitative estimate of drug-likeness (QED) is 0.632. The lowest BCUT2D eigenvalue weighted by Gasteiger charge is -2.19. The fourth-order valence-corrected chi connectivity index (χ4v) is 2.26. The minimum Gasteiger partial charge on any atom is -0.394 e. The lowest BCUT2D eigenvalue weighted by atomic mass is 10.1. The maximum Gasteiger partial charge on any atom is 0.292 e. The topological polar surface area (TPSA) is 75.4 Å². The maximum absolute atomic E-state index is 11.1. The number of aryl methyl sites for hydroxylation is 1. The van der Waals surface area contributed by atoms with E-state index in [1.54, 1.807) is 6.07 Å². The third-order valence-electron chi connectivity index (χ3n) is 3.34. The summed E-state index contributed by atoms with van der Waals surface area (Å²) in [5.74, 6) is 0. The van der Waals surface area contributed by atoms with Gasteiger partial charge in [0.05, 0.1) is 17.6 Å². The Hall–Kier alpha value is -2.40. The molecule has 0 saturated carbocycles. The zero-order valence-corrected chi connectivity index (χ0v) is 11.8. The molecular weight excluding hydrogens is 268 g/mol. The Morgan fingerprint density at radius 2 is 1.90 bits per heavy atom. The lowest BCUT2D eigenvalue weighted by molar-refractivity contribution is -0.384. The van der Waals surface area contributed by atoms with Gasteiger partial charge in [0.25, 0.3) is 5.69 Å². The van der Waals surface area contributed by atoms with E-state index >= 15 is 0 Å². The van der Waals surface area contributed by atoms with Gasteiger partial charge in [0.15, 0.2) is 0 Å². The number of anilines is 1. The molecule has 110 valence electrons. The molecular formula is C16H18N2O3. The monoisotopic (exact) mass is 286 g/mol. The summed E-state index contributed by atoms with van der Waals surface area (Å²) < 4.78 is 0. The molecule has 21 heavy (non-hydrogen) atoms. The van der Waals surface area contributed by atoms with E-state index in [1.807, 2.05) is 43.3 Å². The molecule has 0 heterocycles. The van der Waals surface area contributed by atoms with Crippen molar-refractivity contribution in [1.82, 2.24) is 0 Å². The fourth-order valence-electron chi connectivity index (χ4n) is 2.26. The summed E-state index contributed by atoms with van der Waals surface area (Å²) in [6.45, 7) is 1.71. The minimum atomic E-state index is -0.410. The summed E-state index contributed by atoms with van der Waals surface area (Å²) in [5, 5.41) is 23.7. The highest BCUT2D eigenvalue weighted by Gasteiger charge is 2.18. The van der Waals surface area contributed by atoms with Crippen LogP contribution in [0.2, 0.25) is 0 Å². The maximum atomic E-state index is 11.1. The van der Waals surface area contributed by atoms with Crippen LogP contribution in [0.5, 0.6) is 0 Å². The zero-order chi connectivity index (χ0) is 15.2. The number of hydrogen-bond donors (Lipinski definition) is 2. The second-order valence-corrected chi connectivity index (χ2v) is 4.94. The van der Waals surface area contributed by atoms with Gasteiger partial charge in [-0.1, -0.05) is 42.5 Å². The van der Waals surface area contributed by atoms with Gasteiger partial charge in [0, 0.05) is 6.07 Å². The Bertz CT molecular complexity index is 614. The number of hydrogen-bond acceptors (Lipinski definition) is 4. The number of aliphatic hydroxyl groups excluding tert-OH is 1. The second kappa shape index (κ2) is 6.85. The molecule has 5 nitrogen and oxygen atoms in total. The first-order valence-electron chi connectivity index (χ1n) is 6.77. The van der Waals surface area contributed by atoms with Gasteiger partial charge in [-0.15, -0.1) is 0 Å². The number of nitro groups is 1. The zero-order valence-electron chi connectivity index (χ0n) is 11.8. The van der Waals surface area contributed by atoms with E-state index in [9.17, 15) is 15.2 Å². The highest BCUT2D eigenvalue weighted by molar-refractivity contribution is 5.66. The molecule has 2 aromatic rings. The van der Waals surface area contributed by atoms with Crippen molar-refractivity contribution >= 4 is 11.4 Å². The molecule has 0 bridgehead atoms. The molecule has 0 aromatic heterocycles. The van der Waals surface area contributed by atoms with Crippen molar-refractivity contribution in [3.05, 3.63) is 69.8 Å². The molecule has 1 unspecified atom stereocenters. The van der Waals surface area contributed by atoms with Crippen LogP contribution in [0.1, 0.15) is 11.1 Å². The van der Waals surface area contributed by atoms with Crippen LogP contribution < -0.4 is 5.32 Å². The number of rotatable bonds is 6. The molecule has 0 saturated heterocycles. The number of nitrogens with one attached hydrogen (secondary N) is 1. The van der Waals surface area contributed by atoms with Gasteiger partial charge < -0.3 is 10.4 Å².